The van der Waals surface area contributed by atoms with Crippen LogP contribution in [-0.4, -0.2) is 16.1 Å². The van der Waals surface area contributed by atoms with Gasteiger partial charge >= 0.3 is 5.97 Å². The standard InChI is InChI=1S/C15H11NO2/c1-9-5-6-13-11(7-9)8-10-3-2-4-12(15(17)18)14(10)16-13/h2-8H,1H3,(H,17,18). The molecule has 3 rings (SSSR count). The second kappa shape index (κ2) is 3.81. The van der Waals surface area contributed by atoms with E-state index in [-0.39, 0.29) is 5.56 Å². The Bertz CT molecular complexity index is 778. The molecule has 3 nitrogen and oxygen atoms in total. The molecular weight excluding hydrogens is 226 g/mol. The quantitative estimate of drug-likeness (QED) is 0.660. The molecule has 1 aromatic heterocycles. The molecule has 0 spiro atoms. The van der Waals surface area contributed by atoms with Gasteiger partial charge in [-0.1, -0.05) is 23.8 Å². The number of fused-ring (bicyclic) bond motifs is 2. The molecule has 0 aliphatic rings. The van der Waals surface area contributed by atoms with Crippen molar-refractivity contribution in [3.05, 3.63) is 53.6 Å². The van der Waals surface area contributed by atoms with Gasteiger partial charge in [0.2, 0.25) is 0 Å². The third-order valence-electron chi connectivity index (χ3n) is 3.02. The van der Waals surface area contributed by atoms with Crippen LogP contribution in [0.15, 0.2) is 42.5 Å². The van der Waals surface area contributed by atoms with Crippen LogP contribution in [0.3, 0.4) is 0 Å². The number of benzene rings is 2. The summed E-state index contributed by atoms with van der Waals surface area (Å²) in [6.07, 6.45) is 0. The van der Waals surface area contributed by atoms with Crippen LogP contribution in [0.1, 0.15) is 15.9 Å². The third-order valence-corrected chi connectivity index (χ3v) is 3.02. The van der Waals surface area contributed by atoms with Gasteiger partial charge in [-0.15, -0.1) is 0 Å². The lowest BCUT2D eigenvalue weighted by molar-refractivity contribution is 0.0699. The minimum absolute atomic E-state index is 0.245. The van der Waals surface area contributed by atoms with Crippen molar-refractivity contribution >= 4 is 27.8 Å². The summed E-state index contributed by atoms with van der Waals surface area (Å²) in [5.41, 5.74) is 2.77. The molecule has 0 saturated carbocycles. The van der Waals surface area contributed by atoms with Gasteiger partial charge in [-0.05, 0) is 31.2 Å². The zero-order valence-electron chi connectivity index (χ0n) is 9.84. The summed E-state index contributed by atoms with van der Waals surface area (Å²) >= 11 is 0. The van der Waals surface area contributed by atoms with Crippen LogP contribution < -0.4 is 0 Å². The minimum Gasteiger partial charge on any atom is -0.478 e. The van der Waals surface area contributed by atoms with E-state index in [1.807, 2.05) is 31.2 Å². The van der Waals surface area contributed by atoms with Crippen LogP contribution in [0, 0.1) is 6.92 Å². The van der Waals surface area contributed by atoms with E-state index in [4.69, 9.17) is 5.11 Å². The predicted octanol–water partition coefficient (Wildman–Crippen LogP) is 3.39. The summed E-state index contributed by atoms with van der Waals surface area (Å²) in [7, 11) is 0. The molecule has 1 N–H and O–H groups in total. The van der Waals surface area contributed by atoms with Crippen molar-refractivity contribution in [1.82, 2.24) is 4.98 Å². The summed E-state index contributed by atoms with van der Waals surface area (Å²) < 4.78 is 0. The van der Waals surface area contributed by atoms with Gasteiger partial charge in [0.15, 0.2) is 0 Å². The lowest BCUT2D eigenvalue weighted by atomic mass is 10.1. The highest BCUT2D eigenvalue weighted by Crippen LogP contribution is 2.23. The predicted molar refractivity (Wildman–Crippen MR) is 70.9 cm³/mol. The van der Waals surface area contributed by atoms with Gasteiger partial charge in [-0.25, -0.2) is 9.78 Å². The molecule has 0 radical (unpaired) electrons. The molecule has 18 heavy (non-hydrogen) atoms. The van der Waals surface area contributed by atoms with Crippen LogP contribution >= 0.6 is 0 Å². The maximum Gasteiger partial charge on any atom is 0.337 e. The third kappa shape index (κ3) is 1.61. The van der Waals surface area contributed by atoms with Crippen molar-refractivity contribution in [2.24, 2.45) is 0 Å². The summed E-state index contributed by atoms with van der Waals surface area (Å²) in [6.45, 7) is 2.03. The number of aryl methyl sites for hydroxylation is 1. The highest BCUT2D eigenvalue weighted by molar-refractivity contribution is 6.04. The van der Waals surface area contributed by atoms with E-state index in [1.54, 1.807) is 12.1 Å². The molecule has 2 aromatic carbocycles. The fraction of sp³-hybridized carbons (Fsp3) is 0.0667. The Kier molecular flexibility index (Phi) is 2.27. The van der Waals surface area contributed by atoms with E-state index < -0.39 is 5.97 Å². The van der Waals surface area contributed by atoms with E-state index in [9.17, 15) is 4.79 Å². The van der Waals surface area contributed by atoms with E-state index in [1.165, 1.54) is 0 Å². The Labute approximate surface area is 104 Å². The SMILES string of the molecule is Cc1ccc2nc3c(C(=O)O)cccc3cc2c1. The second-order valence-corrected chi connectivity index (χ2v) is 4.37. The normalized spacial score (nSPS) is 10.9. The molecule has 0 atom stereocenters. The molecule has 3 aromatic rings. The summed E-state index contributed by atoms with van der Waals surface area (Å²) in [5.74, 6) is -0.945. The monoisotopic (exact) mass is 237 g/mol. The first kappa shape index (κ1) is 10.7. The Hall–Kier alpha value is -2.42. The number of pyridine rings is 1. The van der Waals surface area contributed by atoms with Crippen LogP contribution in [0.2, 0.25) is 0 Å². The molecule has 0 bridgehead atoms. The number of hydrogen-bond acceptors (Lipinski definition) is 2. The number of para-hydroxylation sites is 1. The first-order chi connectivity index (χ1) is 8.65. The van der Waals surface area contributed by atoms with E-state index in [0.29, 0.717) is 5.52 Å². The molecule has 88 valence electrons. The molecule has 0 aliphatic heterocycles. The number of carbonyl (C=O) groups is 1. The van der Waals surface area contributed by atoms with Crippen molar-refractivity contribution < 1.29 is 9.90 Å². The Morgan fingerprint density at radius 1 is 1.11 bits per heavy atom. The molecule has 0 amide bonds. The second-order valence-electron chi connectivity index (χ2n) is 4.37. The van der Waals surface area contributed by atoms with Gasteiger partial charge < -0.3 is 5.11 Å². The van der Waals surface area contributed by atoms with Crippen molar-refractivity contribution in [3.8, 4) is 0 Å². The zero-order chi connectivity index (χ0) is 12.7. The van der Waals surface area contributed by atoms with Crippen LogP contribution in [-0.2, 0) is 0 Å². The fourth-order valence-corrected chi connectivity index (χ4v) is 2.15. The van der Waals surface area contributed by atoms with Crippen molar-refractivity contribution in [2.45, 2.75) is 6.92 Å². The van der Waals surface area contributed by atoms with Gasteiger partial charge in [-0.3, -0.25) is 0 Å². The van der Waals surface area contributed by atoms with Crippen molar-refractivity contribution in [1.29, 1.82) is 0 Å². The van der Waals surface area contributed by atoms with E-state index in [2.05, 4.69) is 11.1 Å². The first-order valence-corrected chi connectivity index (χ1v) is 5.68. The lowest BCUT2D eigenvalue weighted by Gasteiger charge is -2.05. The summed E-state index contributed by atoms with van der Waals surface area (Å²) in [4.78, 5) is 15.6. The van der Waals surface area contributed by atoms with Crippen molar-refractivity contribution in [3.63, 3.8) is 0 Å². The molecule has 3 heteroatoms. The number of carboxylic acid groups (broad SMARTS) is 1. The van der Waals surface area contributed by atoms with Gasteiger partial charge in [0.1, 0.15) is 0 Å². The largest absolute Gasteiger partial charge is 0.478 e. The van der Waals surface area contributed by atoms with Gasteiger partial charge in [0.25, 0.3) is 0 Å². The summed E-state index contributed by atoms with van der Waals surface area (Å²) in [5, 5.41) is 11.0. The topological polar surface area (TPSA) is 50.2 Å². The van der Waals surface area contributed by atoms with Gasteiger partial charge in [-0.2, -0.15) is 0 Å². The molecule has 1 heterocycles. The molecule has 0 saturated heterocycles. The molecule has 0 fully saturated rings. The van der Waals surface area contributed by atoms with Crippen LogP contribution in [0.5, 0.6) is 0 Å². The minimum atomic E-state index is -0.945. The number of nitrogens with zero attached hydrogens (tertiary/aromatic N) is 1. The highest BCUT2D eigenvalue weighted by Gasteiger charge is 2.10. The first-order valence-electron chi connectivity index (χ1n) is 5.68. The molecule has 0 unspecified atom stereocenters. The molecular formula is C15H11NO2. The van der Waals surface area contributed by atoms with E-state index >= 15 is 0 Å². The number of carboxylic acids is 1. The Balaban J connectivity index is 2.44. The smallest absolute Gasteiger partial charge is 0.337 e. The van der Waals surface area contributed by atoms with E-state index in [0.717, 1.165) is 21.9 Å². The number of rotatable bonds is 1. The number of hydrogen-bond donors (Lipinski definition) is 1. The lowest BCUT2D eigenvalue weighted by Crippen LogP contribution is -1.98. The average Bonchev–Trinajstić information content (AvgIpc) is 2.35. The maximum atomic E-state index is 11.2. The number of aromatic nitrogens is 1. The fourth-order valence-electron chi connectivity index (χ4n) is 2.15. The van der Waals surface area contributed by atoms with Gasteiger partial charge in [0.05, 0.1) is 16.6 Å². The average molecular weight is 237 g/mol. The summed E-state index contributed by atoms with van der Waals surface area (Å²) in [6, 6.07) is 13.1. The van der Waals surface area contributed by atoms with Crippen molar-refractivity contribution in [2.75, 3.05) is 0 Å². The van der Waals surface area contributed by atoms with Gasteiger partial charge in [0, 0.05) is 10.8 Å². The number of aromatic carboxylic acids is 1. The molecule has 0 aliphatic carbocycles. The Morgan fingerprint density at radius 2 is 1.94 bits per heavy atom. The Morgan fingerprint density at radius 3 is 2.72 bits per heavy atom. The maximum absolute atomic E-state index is 11.2. The highest BCUT2D eigenvalue weighted by atomic mass is 16.4. The zero-order valence-corrected chi connectivity index (χ0v) is 9.84. The van der Waals surface area contributed by atoms with Crippen LogP contribution in [0.4, 0.5) is 0 Å². The van der Waals surface area contributed by atoms with Crippen LogP contribution in [0.25, 0.3) is 21.8 Å².